The normalized spacial score (nSPS) is 14.3. The molecule has 2 heteroatoms. The summed E-state index contributed by atoms with van der Waals surface area (Å²) >= 11 is 0. The van der Waals surface area contributed by atoms with Gasteiger partial charge in [0, 0.05) is 5.57 Å². The molecule has 0 saturated carbocycles. The fraction of sp³-hybridized carbons (Fsp3) is 0.480. The zero-order chi connectivity index (χ0) is 20.9. The zero-order valence-corrected chi connectivity index (χ0v) is 18.0. The molecule has 1 unspecified atom stereocenters. The van der Waals surface area contributed by atoms with Gasteiger partial charge < -0.3 is 4.74 Å². The topological polar surface area (TPSA) is 33.0 Å². The van der Waals surface area contributed by atoms with E-state index in [2.05, 4.69) is 76.9 Å². The molecular formula is C25H39NO. The van der Waals surface area contributed by atoms with Gasteiger partial charge in [0.2, 0.25) is 0 Å². The molecule has 0 fully saturated rings. The predicted molar refractivity (Wildman–Crippen MR) is 120 cm³/mol. The molecule has 0 heterocycles. The molecule has 2 nitrogen and oxygen atoms in total. The van der Waals surface area contributed by atoms with Gasteiger partial charge in [-0.2, -0.15) is 5.26 Å². The van der Waals surface area contributed by atoms with E-state index in [4.69, 9.17) is 10.00 Å². The Labute approximate surface area is 168 Å². The Morgan fingerprint density at radius 1 is 1.19 bits per heavy atom. The molecule has 0 spiro atoms. The van der Waals surface area contributed by atoms with Crippen LogP contribution in [0.5, 0.6) is 5.75 Å². The van der Waals surface area contributed by atoms with E-state index in [-0.39, 0.29) is 0 Å². The minimum atomic E-state index is 0.557. The van der Waals surface area contributed by atoms with Gasteiger partial charge >= 0.3 is 0 Å². The molecule has 1 aromatic carbocycles. The van der Waals surface area contributed by atoms with Crippen LogP contribution in [0.3, 0.4) is 0 Å². The molecule has 0 aromatic heterocycles. The Bertz CT molecular complexity index is 536. The number of benzene rings is 1. The van der Waals surface area contributed by atoms with E-state index in [1.54, 1.807) is 6.08 Å². The summed E-state index contributed by atoms with van der Waals surface area (Å²) in [6.45, 7) is 18.5. The molecular weight excluding hydrogens is 330 g/mol. The summed E-state index contributed by atoms with van der Waals surface area (Å²) in [5.41, 5.74) is 2.30. The monoisotopic (exact) mass is 369 g/mol. The molecule has 0 amide bonds. The summed E-state index contributed by atoms with van der Waals surface area (Å²) in [4.78, 5) is 0. The largest absolute Gasteiger partial charge is 0.494 e. The van der Waals surface area contributed by atoms with Crippen molar-refractivity contribution in [1.82, 2.24) is 0 Å². The zero-order valence-electron chi connectivity index (χ0n) is 18.0. The highest BCUT2D eigenvalue weighted by atomic mass is 16.5. The first-order valence-electron chi connectivity index (χ1n) is 10.1. The molecule has 1 atom stereocenters. The maximum absolute atomic E-state index is 8.85. The van der Waals surface area contributed by atoms with Gasteiger partial charge in [0.15, 0.2) is 0 Å². The van der Waals surface area contributed by atoms with E-state index in [9.17, 15) is 0 Å². The summed E-state index contributed by atoms with van der Waals surface area (Å²) in [6, 6.07) is 10.7. The number of hydrogen-bond acceptors (Lipinski definition) is 2. The summed E-state index contributed by atoms with van der Waals surface area (Å²) < 4.78 is 5.67. The van der Waals surface area contributed by atoms with Crippen molar-refractivity contribution in [3.05, 3.63) is 67.3 Å². The van der Waals surface area contributed by atoms with Gasteiger partial charge in [-0.25, -0.2) is 0 Å². The van der Waals surface area contributed by atoms with E-state index in [0.717, 1.165) is 50.0 Å². The van der Waals surface area contributed by atoms with E-state index in [0.29, 0.717) is 5.92 Å². The fourth-order valence-electron chi connectivity index (χ4n) is 2.41. The summed E-state index contributed by atoms with van der Waals surface area (Å²) in [5.74, 6) is 1.52. The Morgan fingerprint density at radius 3 is 2.15 bits per heavy atom. The minimum absolute atomic E-state index is 0.557. The van der Waals surface area contributed by atoms with Gasteiger partial charge in [-0.1, -0.05) is 57.9 Å². The highest BCUT2D eigenvalue weighted by Gasteiger charge is 2.16. The maximum atomic E-state index is 8.85. The third-order valence-electron chi connectivity index (χ3n) is 3.67. The maximum Gasteiger partial charge on any atom is 0.119 e. The van der Waals surface area contributed by atoms with Crippen LogP contribution in [0.25, 0.3) is 0 Å². The van der Waals surface area contributed by atoms with Crippen LogP contribution >= 0.6 is 0 Å². The molecule has 1 aromatic rings. The van der Waals surface area contributed by atoms with Crippen LogP contribution in [0.2, 0.25) is 0 Å². The molecule has 150 valence electrons. The number of rotatable bonds is 5. The number of allylic oxidation sites excluding steroid dienone is 3. The van der Waals surface area contributed by atoms with Gasteiger partial charge in [-0.3, -0.25) is 0 Å². The van der Waals surface area contributed by atoms with Gasteiger partial charge in [-0.15, -0.1) is 19.7 Å². The third kappa shape index (κ3) is 13.6. The Morgan fingerprint density at radius 2 is 1.74 bits per heavy atom. The van der Waals surface area contributed by atoms with Crippen molar-refractivity contribution in [2.45, 2.75) is 72.1 Å². The summed E-state index contributed by atoms with van der Waals surface area (Å²) in [7, 11) is 0. The first-order chi connectivity index (χ1) is 13.2. The molecule has 27 heavy (non-hydrogen) atoms. The quantitative estimate of drug-likeness (QED) is 0.389. The molecule has 0 bridgehead atoms. The van der Waals surface area contributed by atoms with Gasteiger partial charge in [0.25, 0.3) is 0 Å². The molecule has 1 aliphatic carbocycles. The van der Waals surface area contributed by atoms with Crippen LogP contribution < -0.4 is 4.74 Å². The van der Waals surface area contributed by atoms with Crippen molar-refractivity contribution in [1.29, 1.82) is 5.26 Å². The van der Waals surface area contributed by atoms with Crippen molar-refractivity contribution < 1.29 is 4.74 Å². The Hall–Kier alpha value is -2.27. The number of nitrogens with zero attached hydrogens (tertiary/aromatic N) is 1. The summed E-state index contributed by atoms with van der Waals surface area (Å²) in [6.07, 6.45) is 10.3. The van der Waals surface area contributed by atoms with Crippen LogP contribution in [0, 0.1) is 11.3 Å². The van der Waals surface area contributed by atoms with Crippen LogP contribution in [0.15, 0.2) is 61.7 Å². The molecule has 0 aliphatic heterocycles. The lowest BCUT2D eigenvalue weighted by molar-refractivity contribution is 0.309. The van der Waals surface area contributed by atoms with Gasteiger partial charge in [0.05, 0.1) is 12.7 Å². The molecule has 2 rings (SSSR count). The van der Waals surface area contributed by atoms with Gasteiger partial charge in [0.1, 0.15) is 5.75 Å². The first-order valence-corrected chi connectivity index (χ1v) is 10.1. The lowest BCUT2D eigenvalue weighted by Gasteiger charge is -2.20. The smallest absolute Gasteiger partial charge is 0.119 e. The second-order valence-electron chi connectivity index (χ2n) is 6.20. The second kappa shape index (κ2) is 20.0. The molecule has 0 N–H and O–H groups in total. The number of hydrogen-bond donors (Lipinski definition) is 0. The van der Waals surface area contributed by atoms with Crippen LogP contribution in [-0.2, 0) is 0 Å². The van der Waals surface area contributed by atoms with E-state index in [1.807, 2.05) is 6.92 Å². The average molecular weight is 370 g/mol. The third-order valence-corrected chi connectivity index (χ3v) is 3.67. The lowest BCUT2D eigenvalue weighted by Crippen LogP contribution is -2.04. The van der Waals surface area contributed by atoms with Crippen LogP contribution in [0.1, 0.15) is 77.7 Å². The highest BCUT2D eigenvalue weighted by molar-refractivity contribution is 5.32. The Kier molecular flexibility index (Phi) is 20.0. The fourth-order valence-corrected chi connectivity index (χ4v) is 2.41. The lowest BCUT2D eigenvalue weighted by atomic mass is 9.85. The first kappa shape index (κ1) is 27.0. The SMILES string of the molecule is C=C.C=CC.CCC.CCCCOc1ccc(C2CC=C(C#N)CC2)cc1. The standard InChI is InChI=1S/C17H21NO.C3H8.C3H6.C2H4/c1-2-3-12-19-17-10-8-16(9-11-17)15-6-4-14(13-18)5-7-15;2*1-3-2;1-2/h4,8-11,15H,2-3,5-7,12H2,1H3;3H2,1-2H3;3H,1H2,2H3;1-2H2. The number of ether oxygens (including phenoxy) is 1. The number of unbranched alkanes of at least 4 members (excludes halogenated alkanes) is 1. The van der Waals surface area contributed by atoms with E-state index < -0.39 is 0 Å². The minimum Gasteiger partial charge on any atom is -0.494 e. The van der Waals surface area contributed by atoms with Crippen molar-refractivity contribution in [3.8, 4) is 11.8 Å². The van der Waals surface area contributed by atoms with E-state index >= 15 is 0 Å². The van der Waals surface area contributed by atoms with Crippen molar-refractivity contribution in [2.24, 2.45) is 0 Å². The summed E-state index contributed by atoms with van der Waals surface area (Å²) in [5, 5.41) is 8.85. The predicted octanol–water partition coefficient (Wildman–Crippen LogP) is 7.99. The van der Waals surface area contributed by atoms with Crippen LogP contribution in [0.4, 0.5) is 0 Å². The van der Waals surface area contributed by atoms with E-state index in [1.165, 1.54) is 12.0 Å². The highest BCUT2D eigenvalue weighted by Crippen LogP contribution is 2.32. The number of nitriles is 1. The Balaban J connectivity index is 0. The van der Waals surface area contributed by atoms with Gasteiger partial charge in [-0.05, 0) is 56.2 Å². The van der Waals surface area contributed by atoms with Crippen molar-refractivity contribution >= 4 is 0 Å². The average Bonchev–Trinajstić information content (AvgIpc) is 2.72. The molecule has 0 saturated heterocycles. The molecule has 1 aliphatic rings. The van der Waals surface area contributed by atoms with Crippen LogP contribution in [-0.4, -0.2) is 6.61 Å². The second-order valence-corrected chi connectivity index (χ2v) is 6.20. The van der Waals surface area contributed by atoms with Crippen molar-refractivity contribution in [2.75, 3.05) is 6.61 Å². The van der Waals surface area contributed by atoms with Crippen molar-refractivity contribution in [3.63, 3.8) is 0 Å². The molecule has 0 radical (unpaired) electrons.